The second-order valence-electron chi connectivity index (χ2n) is 5.63. The molecule has 2 aliphatic rings. The van der Waals surface area contributed by atoms with Crippen LogP contribution in [0.5, 0.6) is 11.5 Å². The number of fused-ring (bicyclic) bond motifs is 1. The highest BCUT2D eigenvalue weighted by Gasteiger charge is 2.29. The molecule has 3 amide bonds. The Morgan fingerprint density at radius 2 is 2.00 bits per heavy atom. The number of nitrogens with one attached hydrogen (secondary N) is 2. The Bertz CT molecular complexity index is 683. The summed E-state index contributed by atoms with van der Waals surface area (Å²) < 4.78 is 10.4. The second-order valence-corrected chi connectivity index (χ2v) is 5.63. The van der Waals surface area contributed by atoms with Crippen LogP contribution in [0, 0.1) is 5.92 Å². The lowest BCUT2D eigenvalue weighted by molar-refractivity contribution is -0.141. The van der Waals surface area contributed by atoms with Crippen molar-refractivity contribution in [2.75, 3.05) is 31.7 Å². The van der Waals surface area contributed by atoms with Gasteiger partial charge in [-0.3, -0.25) is 19.8 Å². The van der Waals surface area contributed by atoms with Crippen LogP contribution in [0.25, 0.3) is 0 Å². The van der Waals surface area contributed by atoms with Crippen LogP contribution in [0.2, 0.25) is 0 Å². The third kappa shape index (κ3) is 4.74. The fraction of sp³-hybridized carbons (Fsp3) is 0.400. The minimum absolute atomic E-state index is 0. The summed E-state index contributed by atoms with van der Waals surface area (Å²) >= 11 is 0. The van der Waals surface area contributed by atoms with Gasteiger partial charge in [-0.15, -0.1) is 12.4 Å². The summed E-state index contributed by atoms with van der Waals surface area (Å²) in [4.78, 5) is 36.3. The van der Waals surface area contributed by atoms with Crippen LogP contribution in [0.3, 0.4) is 0 Å². The lowest BCUT2D eigenvalue weighted by atomic mass is 10.1. The number of carbonyl (C=O) groups is 3. The SMILES string of the molecule is Cl.O=C(CN1CCC(C(=O)O)C1)NC(=O)Nc1ccc2c(c1)OCO2. The molecule has 1 saturated heterocycles. The number of rotatable bonds is 4. The summed E-state index contributed by atoms with van der Waals surface area (Å²) in [5.74, 6) is -0.687. The Morgan fingerprint density at radius 1 is 1.24 bits per heavy atom. The number of carboxylic acids is 1. The number of urea groups is 1. The summed E-state index contributed by atoms with van der Waals surface area (Å²) in [6.45, 7) is 0.954. The first-order valence-corrected chi connectivity index (χ1v) is 7.47. The smallest absolute Gasteiger partial charge is 0.325 e. The van der Waals surface area contributed by atoms with Crippen molar-refractivity contribution in [2.24, 2.45) is 5.92 Å². The van der Waals surface area contributed by atoms with Gasteiger partial charge in [-0.05, 0) is 25.1 Å². The third-order valence-electron chi connectivity index (χ3n) is 3.87. The highest BCUT2D eigenvalue weighted by atomic mass is 35.5. The topological polar surface area (TPSA) is 117 Å². The Hall–Kier alpha value is -2.52. The van der Waals surface area contributed by atoms with E-state index in [0.717, 1.165) is 0 Å². The molecule has 2 heterocycles. The fourth-order valence-corrected chi connectivity index (χ4v) is 2.68. The quantitative estimate of drug-likeness (QED) is 0.719. The number of amides is 3. The second kappa shape index (κ2) is 8.04. The zero-order valence-electron chi connectivity index (χ0n) is 13.2. The van der Waals surface area contributed by atoms with Crippen molar-refractivity contribution >= 4 is 36.0 Å². The van der Waals surface area contributed by atoms with Crippen molar-refractivity contribution in [2.45, 2.75) is 6.42 Å². The van der Waals surface area contributed by atoms with Gasteiger partial charge in [-0.2, -0.15) is 0 Å². The van der Waals surface area contributed by atoms with Crippen LogP contribution in [-0.2, 0) is 9.59 Å². The van der Waals surface area contributed by atoms with Gasteiger partial charge < -0.3 is 19.9 Å². The molecule has 0 radical (unpaired) electrons. The van der Waals surface area contributed by atoms with Gasteiger partial charge in [0.05, 0.1) is 12.5 Å². The molecule has 0 bridgehead atoms. The number of likely N-dealkylation sites (tertiary alicyclic amines) is 1. The van der Waals surface area contributed by atoms with Crippen LogP contribution < -0.4 is 20.1 Å². The van der Waals surface area contributed by atoms with Gasteiger partial charge in [0.2, 0.25) is 12.7 Å². The minimum atomic E-state index is -0.863. The molecule has 0 saturated carbocycles. The summed E-state index contributed by atoms with van der Waals surface area (Å²) in [6.07, 6.45) is 0.506. The van der Waals surface area contributed by atoms with Gasteiger partial charge in [0.25, 0.3) is 0 Å². The molecule has 1 atom stereocenters. The first kappa shape index (κ1) is 18.8. The van der Waals surface area contributed by atoms with E-state index in [0.29, 0.717) is 36.7 Å². The molecule has 3 N–H and O–H groups in total. The van der Waals surface area contributed by atoms with E-state index in [1.54, 1.807) is 23.1 Å². The van der Waals surface area contributed by atoms with Crippen LogP contribution in [0.15, 0.2) is 18.2 Å². The molecule has 2 aliphatic heterocycles. The summed E-state index contributed by atoms with van der Waals surface area (Å²) in [5, 5.41) is 13.7. The summed E-state index contributed by atoms with van der Waals surface area (Å²) in [7, 11) is 0. The van der Waals surface area contributed by atoms with E-state index in [1.165, 1.54) is 0 Å². The number of benzene rings is 1. The molecule has 1 unspecified atom stereocenters. The number of hydrogen-bond donors (Lipinski definition) is 3. The molecule has 10 heteroatoms. The van der Waals surface area contributed by atoms with Gasteiger partial charge in [0.15, 0.2) is 11.5 Å². The number of imide groups is 1. The molecular formula is C15H18ClN3O6. The van der Waals surface area contributed by atoms with E-state index < -0.39 is 23.8 Å². The molecule has 1 fully saturated rings. The van der Waals surface area contributed by atoms with Gasteiger partial charge in [-0.25, -0.2) is 4.79 Å². The standard InChI is InChI=1S/C15H17N3O6.ClH/c19-13(7-18-4-3-9(6-18)14(20)21)17-15(22)16-10-1-2-11-12(5-10)24-8-23-11;/h1-2,5,9H,3-4,6-8H2,(H,20,21)(H2,16,17,19,22);1H. The van der Waals surface area contributed by atoms with Crippen molar-refractivity contribution in [3.8, 4) is 11.5 Å². The summed E-state index contributed by atoms with van der Waals surface area (Å²) in [6, 6.07) is 4.24. The number of aliphatic carboxylic acids is 1. The number of carboxylic acid groups (broad SMARTS) is 1. The number of nitrogens with zero attached hydrogens (tertiary/aromatic N) is 1. The zero-order chi connectivity index (χ0) is 17.1. The number of halogens is 1. The average molecular weight is 372 g/mol. The maximum atomic E-state index is 11.9. The van der Waals surface area contributed by atoms with Gasteiger partial charge in [0, 0.05) is 18.3 Å². The fourth-order valence-electron chi connectivity index (χ4n) is 2.68. The summed E-state index contributed by atoms with van der Waals surface area (Å²) in [5.41, 5.74) is 0.469. The monoisotopic (exact) mass is 371 g/mol. The van der Waals surface area contributed by atoms with Crippen molar-refractivity contribution in [1.82, 2.24) is 10.2 Å². The van der Waals surface area contributed by atoms with E-state index in [-0.39, 0.29) is 25.7 Å². The lowest BCUT2D eigenvalue weighted by Gasteiger charge is -2.14. The highest BCUT2D eigenvalue weighted by molar-refractivity contribution is 6.01. The minimum Gasteiger partial charge on any atom is -0.481 e. The molecule has 0 spiro atoms. The highest BCUT2D eigenvalue weighted by Crippen LogP contribution is 2.34. The molecule has 1 aromatic rings. The Labute approximate surface area is 149 Å². The average Bonchev–Trinajstić information content (AvgIpc) is 3.15. The Kier molecular flexibility index (Phi) is 6.05. The Morgan fingerprint density at radius 3 is 2.72 bits per heavy atom. The maximum Gasteiger partial charge on any atom is 0.325 e. The maximum absolute atomic E-state index is 11.9. The molecule has 1 aromatic carbocycles. The predicted octanol–water partition coefficient (Wildman–Crippen LogP) is 0.892. The number of anilines is 1. The van der Waals surface area contributed by atoms with E-state index in [9.17, 15) is 14.4 Å². The molecule has 136 valence electrons. The Balaban J connectivity index is 0.00000225. The first-order chi connectivity index (χ1) is 11.5. The van der Waals surface area contributed by atoms with E-state index in [2.05, 4.69) is 10.6 Å². The van der Waals surface area contributed by atoms with E-state index in [4.69, 9.17) is 14.6 Å². The van der Waals surface area contributed by atoms with Gasteiger partial charge in [0.1, 0.15) is 0 Å². The first-order valence-electron chi connectivity index (χ1n) is 7.47. The van der Waals surface area contributed by atoms with Crippen molar-refractivity contribution in [1.29, 1.82) is 0 Å². The molecule has 0 aliphatic carbocycles. The normalized spacial score (nSPS) is 18.3. The van der Waals surface area contributed by atoms with E-state index >= 15 is 0 Å². The lowest BCUT2D eigenvalue weighted by Crippen LogP contribution is -2.41. The predicted molar refractivity (Wildman–Crippen MR) is 89.2 cm³/mol. The zero-order valence-corrected chi connectivity index (χ0v) is 14.0. The number of ether oxygens (including phenoxy) is 2. The largest absolute Gasteiger partial charge is 0.481 e. The molecule has 25 heavy (non-hydrogen) atoms. The molecule has 3 rings (SSSR count). The van der Waals surface area contributed by atoms with Crippen molar-refractivity contribution < 1.29 is 29.0 Å². The molecular weight excluding hydrogens is 354 g/mol. The van der Waals surface area contributed by atoms with Crippen LogP contribution in [0.4, 0.5) is 10.5 Å². The third-order valence-corrected chi connectivity index (χ3v) is 3.87. The van der Waals surface area contributed by atoms with Gasteiger partial charge in [-0.1, -0.05) is 0 Å². The van der Waals surface area contributed by atoms with Crippen molar-refractivity contribution in [3.63, 3.8) is 0 Å². The van der Waals surface area contributed by atoms with Crippen LogP contribution in [0.1, 0.15) is 6.42 Å². The van der Waals surface area contributed by atoms with Crippen LogP contribution >= 0.6 is 12.4 Å². The molecule has 0 aromatic heterocycles. The van der Waals surface area contributed by atoms with Crippen molar-refractivity contribution in [3.05, 3.63) is 18.2 Å². The van der Waals surface area contributed by atoms with E-state index in [1.807, 2.05) is 0 Å². The number of carbonyl (C=O) groups excluding carboxylic acids is 2. The molecule has 9 nitrogen and oxygen atoms in total. The van der Waals surface area contributed by atoms with Gasteiger partial charge >= 0.3 is 12.0 Å². The number of hydrogen-bond acceptors (Lipinski definition) is 6. The van der Waals surface area contributed by atoms with Crippen LogP contribution in [-0.4, -0.2) is 54.3 Å².